The van der Waals surface area contributed by atoms with E-state index in [2.05, 4.69) is 11.4 Å². The summed E-state index contributed by atoms with van der Waals surface area (Å²) >= 11 is 11.6. The van der Waals surface area contributed by atoms with Crippen molar-refractivity contribution in [1.82, 2.24) is 0 Å². The molecule has 4 heteroatoms. The standard InChI is InChI=1S/C13H8Cl2NO/c14-11-7-6-9(8-12(11)15)13(17)16-10-4-2-1-3-5-10/h1-2,4-8H,(H,16,17). The van der Waals surface area contributed by atoms with E-state index in [1.807, 2.05) is 0 Å². The summed E-state index contributed by atoms with van der Waals surface area (Å²) in [6.07, 6.45) is 0. The summed E-state index contributed by atoms with van der Waals surface area (Å²) in [6, 6.07) is 14.7. The van der Waals surface area contributed by atoms with Crippen LogP contribution in [0.15, 0.2) is 42.5 Å². The Bertz CT molecular complexity index is 540. The maximum absolute atomic E-state index is 11.9. The third-order valence-electron chi connectivity index (χ3n) is 2.15. The molecular formula is C13H8Cl2NO. The number of carbonyl (C=O) groups is 1. The molecule has 85 valence electrons. The molecule has 0 heterocycles. The fourth-order valence-corrected chi connectivity index (χ4v) is 1.61. The lowest BCUT2D eigenvalue weighted by Gasteiger charge is -2.05. The van der Waals surface area contributed by atoms with Crippen molar-refractivity contribution in [2.45, 2.75) is 0 Å². The summed E-state index contributed by atoms with van der Waals surface area (Å²) in [6.45, 7) is 0. The lowest BCUT2D eigenvalue weighted by atomic mass is 10.2. The average Bonchev–Trinajstić information content (AvgIpc) is 2.34. The van der Waals surface area contributed by atoms with Gasteiger partial charge < -0.3 is 5.32 Å². The van der Waals surface area contributed by atoms with E-state index in [1.165, 1.54) is 6.07 Å². The van der Waals surface area contributed by atoms with Crippen molar-refractivity contribution in [1.29, 1.82) is 0 Å². The van der Waals surface area contributed by atoms with E-state index in [4.69, 9.17) is 23.2 Å². The van der Waals surface area contributed by atoms with Gasteiger partial charge in [-0.1, -0.05) is 35.3 Å². The molecule has 1 N–H and O–H groups in total. The molecule has 2 aromatic rings. The Labute approximate surface area is 109 Å². The zero-order valence-corrected chi connectivity index (χ0v) is 10.2. The van der Waals surface area contributed by atoms with Crippen LogP contribution in [0.25, 0.3) is 0 Å². The minimum atomic E-state index is -0.233. The van der Waals surface area contributed by atoms with Gasteiger partial charge >= 0.3 is 0 Å². The number of anilines is 1. The largest absolute Gasteiger partial charge is 0.322 e. The van der Waals surface area contributed by atoms with Crippen molar-refractivity contribution in [3.05, 3.63) is 64.1 Å². The van der Waals surface area contributed by atoms with Gasteiger partial charge in [0.2, 0.25) is 0 Å². The van der Waals surface area contributed by atoms with Gasteiger partial charge in [0.05, 0.1) is 10.0 Å². The molecule has 0 aliphatic heterocycles. The second-order valence-corrected chi connectivity index (χ2v) is 4.19. The molecule has 2 nitrogen and oxygen atoms in total. The van der Waals surface area contributed by atoms with Crippen molar-refractivity contribution in [2.75, 3.05) is 5.32 Å². The minimum absolute atomic E-state index is 0.233. The molecule has 0 aromatic heterocycles. The molecule has 0 bridgehead atoms. The van der Waals surface area contributed by atoms with Crippen molar-refractivity contribution < 1.29 is 4.79 Å². The minimum Gasteiger partial charge on any atom is -0.322 e. The highest BCUT2D eigenvalue weighted by atomic mass is 35.5. The Balaban J connectivity index is 2.18. The first-order valence-corrected chi connectivity index (χ1v) is 5.65. The first-order valence-electron chi connectivity index (χ1n) is 4.89. The highest BCUT2D eigenvalue weighted by molar-refractivity contribution is 6.42. The van der Waals surface area contributed by atoms with Crippen molar-refractivity contribution in [2.24, 2.45) is 0 Å². The van der Waals surface area contributed by atoms with Gasteiger partial charge in [-0.3, -0.25) is 4.79 Å². The summed E-state index contributed by atoms with van der Waals surface area (Å²) in [5, 5.41) is 3.52. The Morgan fingerprint density at radius 1 is 1.18 bits per heavy atom. The van der Waals surface area contributed by atoms with E-state index in [1.54, 1.807) is 36.4 Å². The van der Waals surface area contributed by atoms with Crippen LogP contribution in [-0.4, -0.2) is 5.91 Å². The van der Waals surface area contributed by atoms with Gasteiger partial charge in [0.25, 0.3) is 5.91 Å². The Hall–Kier alpha value is -1.51. The summed E-state index contributed by atoms with van der Waals surface area (Å²) in [5.41, 5.74) is 1.15. The lowest BCUT2D eigenvalue weighted by molar-refractivity contribution is 0.102. The maximum Gasteiger partial charge on any atom is 0.255 e. The molecule has 0 unspecified atom stereocenters. The van der Waals surface area contributed by atoms with E-state index >= 15 is 0 Å². The number of hydrogen-bond acceptors (Lipinski definition) is 1. The molecule has 0 aliphatic rings. The third-order valence-corrected chi connectivity index (χ3v) is 2.89. The first kappa shape index (κ1) is 12.0. The van der Waals surface area contributed by atoms with Gasteiger partial charge in [-0.15, -0.1) is 0 Å². The number of nitrogens with one attached hydrogen (secondary N) is 1. The molecular weight excluding hydrogens is 257 g/mol. The van der Waals surface area contributed by atoms with E-state index < -0.39 is 0 Å². The fraction of sp³-hybridized carbons (Fsp3) is 0. The van der Waals surface area contributed by atoms with Gasteiger partial charge in [-0.05, 0) is 36.4 Å². The van der Waals surface area contributed by atoms with Crippen LogP contribution in [0.5, 0.6) is 0 Å². The summed E-state index contributed by atoms with van der Waals surface area (Å²) in [5.74, 6) is -0.233. The van der Waals surface area contributed by atoms with Crippen LogP contribution in [-0.2, 0) is 0 Å². The summed E-state index contributed by atoms with van der Waals surface area (Å²) < 4.78 is 0. The summed E-state index contributed by atoms with van der Waals surface area (Å²) in [7, 11) is 0. The Morgan fingerprint density at radius 3 is 2.65 bits per heavy atom. The molecule has 0 saturated heterocycles. The third kappa shape index (κ3) is 2.99. The van der Waals surface area contributed by atoms with Gasteiger partial charge in [0.15, 0.2) is 0 Å². The number of amides is 1. The van der Waals surface area contributed by atoms with Crippen molar-refractivity contribution in [3.63, 3.8) is 0 Å². The molecule has 0 fully saturated rings. The molecule has 0 spiro atoms. The fourth-order valence-electron chi connectivity index (χ4n) is 1.31. The van der Waals surface area contributed by atoms with Crippen LogP contribution in [0.1, 0.15) is 10.4 Å². The highest BCUT2D eigenvalue weighted by Gasteiger charge is 2.07. The van der Waals surface area contributed by atoms with Gasteiger partial charge in [-0.25, -0.2) is 0 Å². The van der Waals surface area contributed by atoms with Gasteiger partial charge in [0, 0.05) is 11.3 Å². The van der Waals surface area contributed by atoms with E-state index in [9.17, 15) is 4.79 Å². The normalized spacial score (nSPS) is 10.0. The topological polar surface area (TPSA) is 29.1 Å². The molecule has 1 radical (unpaired) electrons. The van der Waals surface area contributed by atoms with E-state index in [0.717, 1.165) is 0 Å². The van der Waals surface area contributed by atoms with Gasteiger partial charge in [-0.2, -0.15) is 0 Å². The van der Waals surface area contributed by atoms with E-state index in [-0.39, 0.29) is 5.91 Å². The monoisotopic (exact) mass is 264 g/mol. The smallest absolute Gasteiger partial charge is 0.255 e. The summed E-state index contributed by atoms with van der Waals surface area (Å²) in [4.78, 5) is 11.9. The predicted octanol–water partition coefficient (Wildman–Crippen LogP) is 4.05. The van der Waals surface area contributed by atoms with Crippen LogP contribution in [0, 0.1) is 6.07 Å². The molecule has 2 aromatic carbocycles. The molecule has 17 heavy (non-hydrogen) atoms. The van der Waals surface area contributed by atoms with Crippen LogP contribution in [0.3, 0.4) is 0 Å². The average molecular weight is 265 g/mol. The van der Waals surface area contributed by atoms with Crippen LogP contribution in [0.2, 0.25) is 10.0 Å². The van der Waals surface area contributed by atoms with Gasteiger partial charge in [0.1, 0.15) is 0 Å². The lowest BCUT2D eigenvalue weighted by Crippen LogP contribution is -2.11. The SMILES string of the molecule is O=C(Nc1c[c]ccc1)c1ccc(Cl)c(Cl)c1. The molecule has 0 aliphatic carbocycles. The van der Waals surface area contributed by atoms with E-state index in [0.29, 0.717) is 21.3 Å². The highest BCUT2D eigenvalue weighted by Crippen LogP contribution is 2.23. The number of benzene rings is 2. The number of rotatable bonds is 2. The second kappa shape index (κ2) is 5.21. The quantitative estimate of drug-likeness (QED) is 0.872. The second-order valence-electron chi connectivity index (χ2n) is 3.38. The number of carbonyl (C=O) groups excluding carboxylic acids is 1. The molecule has 0 atom stereocenters. The van der Waals surface area contributed by atoms with Crippen LogP contribution in [0.4, 0.5) is 5.69 Å². The van der Waals surface area contributed by atoms with Crippen molar-refractivity contribution in [3.8, 4) is 0 Å². The maximum atomic E-state index is 11.9. The number of hydrogen-bond donors (Lipinski definition) is 1. The van der Waals surface area contributed by atoms with Crippen LogP contribution >= 0.6 is 23.2 Å². The number of halogens is 2. The molecule has 1 amide bonds. The molecule has 0 saturated carbocycles. The van der Waals surface area contributed by atoms with Crippen molar-refractivity contribution >= 4 is 34.8 Å². The first-order chi connectivity index (χ1) is 8.16. The Morgan fingerprint density at radius 2 is 2.00 bits per heavy atom. The predicted molar refractivity (Wildman–Crippen MR) is 69.7 cm³/mol. The zero-order chi connectivity index (χ0) is 12.3. The van der Waals surface area contributed by atoms with Crippen LogP contribution < -0.4 is 5.32 Å². The zero-order valence-electron chi connectivity index (χ0n) is 8.71. The molecule has 2 rings (SSSR count). The Kier molecular flexibility index (Phi) is 3.67.